The Morgan fingerprint density at radius 2 is 2.35 bits per heavy atom. The number of hydrogen-bond acceptors (Lipinski definition) is 5. The third-order valence-corrected chi connectivity index (χ3v) is 2.58. The van der Waals surface area contributed by atoms with Crippen molar-refractivity contribution < 1.29 is 18.8 Å². The van der Waals surface area contributed by atoms with E-state index in [4.69, 9.17) is 4.52 Å². The molecule has 0 atom stereocenters. The van der Waals surface area contributed by atoms with E-state index in [-0.39, 0.29) is 30.5 Å². The smallest absolute Gasteiger partial charge is 0.307 e. The summed E-state index contributed by atoms with van der Waals surface area (Å²) in [5.41, 5.74) is 0.261. The SMILES string of the molecule is COC(=O)CCNC(=O)c1cc(C2CC2)on1. The summed E-state index contributed by atoms with van der Waals surface area (Å²) in [5, 5.41) is 6.27. The zero-order valence-corrected chi connectivity index (χ0v) is 9.56. The number of methoxy groups -OCH3 is 1. The van der Waals surface area contributed by atoms with Crippen molar-refractivity contribution in [3.8, 4) is 0 Å². The molecular formula is C11H14N2O4. The number of ether oxygens (including phenoxy) is 1. The van der Waals surface area contributed by atoms with Crippen molar-refractivity contribution in [2.24, 2.45) is 0 Å². The number of aromatic nitrogens is 1. The second-order valence-electron chi connectivity index (χ2n) is 3.97. The minimum Gasteiger partial charge on any atom is -0.469 e. The standard InChI is InChI=1S/C11H14N2O4/c1-16-10(14)4-5-12-11(15)8-6-9(17-13-8)7-2-3-7/h6-7H,2-5H2,1H3,(H,12,15). The van der Waals surface area contributed by atoms with Gasteiger partial charge in [0, 0.05) is 18.5 Å². The summed E-state index contributed by atoms with van der Waals surface area (Å²) >= 11 is 0. The van der Waals surface area contributed by atoms with Crippen molar-refractivity contribution in [2.75, 3.05) is 13.7 Å². The molecule has 1 aromatic rings. The maximum atomic E-state index is 11.6. The van der Waals surface area contributed by atoms with E-state index in [2.05, 4.69) is 15.2 Å². The fourth-order valence-electron chi connectivity index (χ4n) is 1.43. The van der Waals surface area contributed by atoms with Gasteiger partial charge in [-0.15, -0.1) is 0 Å². The van der Waals surface area contributed by atoms with Gasteiger partial charge < -0.3 is 14.6 Å². The van der Waals surface area contributed by atoms with E-state index in [9.17, 15) is 9.59 Å². The highest BCUT2D eigenvalue weighted by Crippen LogP contribution is 2.40. The molecule has 17 heavy (non-hydrogen) atoms. The predicted molar refractivity (Wildman–Crippen MR) is 57.4 cm³/mol. The Labute approximate surface area is 98.3 Å². The summed E-state index contributed by atoms with van der Waals surface area (Å²) in [6, 6.07) is 1.66. The minimum absolute atomic E-state index is 0.148. The Bertz CT molecular complexity index is 423. The maximum Gasteiger partial charge on any atom is 0.307 e. The molecule has 6 nitrogen and oxygen atoms in total. The Balaban J connectivity index is 1.80. The van der Waals surface area contributed by atoms with Gasteiger partial charge in [0.05, 0.1) is 13.5 Å². The van der Waals surface area contributed by atoms with Gasteiger partial charge in [0.1, 0.15) is 5.76 Å². The monoisotopic (exact) mass is 238 g/mol. The van der Waals surface area contributed by atoms with Crippen LogP contribution >= 0.6 is 0 Å². The average Bonchev–Trinajstić information content (AvgIpc) is 3.06. The lowest BCUT2D eigenvalue weighted by molar-refractivity contribution is -0.140. The van der Waals surface area contributed by atoms with E-state index >= 15 is 0 Å². The van der Waals surface area contributed by atoms with Gasteiger partial charge in [0.2, 0.25) is 0 Å². The average molecular weight is 238 g/mol. The highest BCUT2D eigenvalue weighted by molar-refractivity contribution is 5.92. The van der Waals surface area contributed by atoms with Gasteiger partial charge >= 0.3 is 5.97 Å². The van der Waals surface area contributed by atoms with Crippen molar-refractivity contribution in [3.63, 3.8) is 0 Å². The number of carbonyl (C=O) groups is 2. The number of nitrogens with one attached hydrogen (secondary N) is 1. The molecule has 0 spiro atoms. The lowest BCUT2D eigenvalue weighted by Gasteiger charge is -2.00. The van der Waals surface area contributed by atoms with E-state index < -0.39 is 0 Å². The Hall–Kier alpha value is -1.85. The van der Waals surface area contributed by atoms with Gasteiger partial charge in [-0.3, -0.25) is 9.59 Å². The van der Waals surface area contributed by atoms with Gasteiger partial charge in [-0.25, -0.2) is 0 Å². The van der Waals surface area contributed by atoms with Crippen LogP contribution in [0.4, 0.5) is 0 Å². The zero-order valence-electron chi connectivity index (χ0n) is 9.56. The highest BCUT2D eigenvalue weighted by Gasteiger charge is 2.28. The predicted octanol–water partition coefficient (Wildman–Crippen LogP) is 0.845. The third kappa shape index (κ3) is 3.05. The quantitative estimate of drug-likeness (QED) is 0.769. The molecule has 0 bridgehead atoms. The highest BCUT2D eigenvalue weighted by atomic mass is 16.5. The van der Waals surface area contributed by atoms with Crippen molar-refractivity contribution >= 4 is 11.9 Å². The fourth-order valence-corrected chi connectivity index (χ4v) is 1.43. The second-order valence-corrected chi connectivity index (χ2v) is 3.97. The lowest BCUT2D eigenvalue weighted by atomic mass is 10.3. The maximum absolute atomic E-state index is 11.6. The molecule has 1 heterocycles. The van der Waals surface area contributed by atoms with E-state index in [0.717, 1.165) is 18.6 Å². The molecule has 0 aliphatic heterocycles. The molecule has 1 aliphatic carbocycles. The van der Waals surface area contributed by atoms with Gasteiger partial charge in [-0.2, -0.15) is 0 Å². The van der Waals surface area contributed by atoms with Gasteiger partial charge in [-0.1, -0.05) is 5.16 Å². The summed E-state index contributed by atoms with van der Waals surface area (Å²) in [4.78, 5) is 22.4. The first-order valence-corrected chi connectivity index (χ1v) is 5.52. The first-order valence-electron chi connectivity index (χ1n) is 5.52. The molecule has 0 radical (unpaired) electrons. The molecule has 1 saturated carbocycles. The third-order valence-electron chi connectivity index (χ3n) is 2.58. The molecule has 1 aliphatic rings. The van der Waals surface area contributed by atoms with Gasteiger partial charge in [-0.05, 0) is 12.8 Å². The van der Waals surface area contributed by atoms with Crippen LogP contribution in [0, 0.1) is 0 Å². The molecule has 1 aromatic heterocycles. The van der Waals surface area contributed by atoms with Crippen LogP contribution in [0.5, 0.6) is 0 Å². The van der Waals surface area contributed by atoms with E-state index in [1.54, 1.807) is 6.07 Å². The van der Waals surface area contributed by atoms with Crippen LogP contribution in [-0.2, 0) is 9.53 Å². The summed E-state index contributed by atoms with van der Waals surface area (Å²) in [5.74, 6) is 0.510. The number of rotatable bonds is 5. The van der Waals surface area contributed by atoms with Crippen molar-refractivity contribution in [3.05, 3.63) is 17.5 Å². The van der Waals surface area contributed by atoms with Crippen molar-refractivity contribution in [2.45, 2.75) is 25.2 Å². The van der Waals surface area contributed by atoms with Crippen LogP contribution in [0.15, 0.2) is 10.6 Å². The summed E-state index contributed by atoms with van der Waals surface area (Å²) in [7, 11) is 1.31. The molecule has 1 fully saturated rings. The normalized spacial score (nSPS) is 14.4. The van der Waals surface area contributed by atoms with Gasteiger partial charge in [0.25, 0.3) is 5.91 Å². The molecule has 2 rings (SSSR count). The molecule has 92 valence electrons. The topological polar surface area (TPSA) is 81.4 Å². The second kappa shape index (κ2) is 4.99. The number of hydrogen-bond donors (Lipinski definition) is 1. The molecular weight excluding hydrogens is 224 g/mol. The van der Waals surface area contributed by atoms with E-state index in [1.807, 2.05) is 0 Å². The molecule has 1 amide bonds. The van der Waals surface area contributed by atoms with Crippen molar-refractivity contribution in [1.29, 1.82) is 0 Å². The number of carbonyl (C=O) groups excluding carboxylic acids is 2. The Kier molecular flexibility index (Phi) is 3.41. The van der Waals surface area contributed by atoms with E-state index in [1.165, 1.54) is 7.11 Å². The summed E-state index contributed by atoms with van der Waals surface area (Å²) in [6.07, 6.45) is 2.34. The van der Waals surface area contributed by atoms with Crippen LogP contribution in [0.25, 0.3) is 0 Å². The van der Waals surface area contributed by atoms with E-state index in [0.29, 0.717) is 5.92 Å². The number of esters is 1. The summed E-state index contributed by atoms with van der Waals surface area (Å²) < 4.78 is 9.51. The lowest BCUT2D eigenvalue weighted by Crippen LogP contribution is -2.26. The number of nitrogens with zero attached hydrogens (tertiary/aromatic N) is 1. The first-order chi connectivity index (χ1) is 8.20. The fraction of sp³-hybridized carbons (Fsp3) is 0.545. The van der Waals surface area contributed by atoms with Crippen LogP contribution in [0.1, 0.15) is 41.4 Å². The molecule has 0 aromatic carbocycles. The molecule has 0 unspecified atom stereocenters. The van der Waals surface area contributed by atoms with Crippen LogP contribution < -0.4 is 5.32 Å². The van der Waals surface area contributed by atoms with Crippen LogP contribution in [0.2, 0.25) is 0 Å². The number of amides is 1. The first kappa shape index (κ1) is 11.6. The Morgan fingerprint density at radius 1 is 1.59 bits per heavy atom. The van der Waals surface area contributed by atoms with Crippen molar-refractivity contribution in [1.82, 2.24) is 10.5 Å². The Morgan fingerprint density at radius 3 is 3.00 bits per heavy atom. The summed E-state index contributed by atoms with van der Waals surface area (Å²) in [6.45, 7) is 0.233. The zero-order chi connectivity index (χ0) is 12.3. The van der Waals surface area contributed by atoms with Crippen LogP contribution in [-0.4, -0.2) is 30.7 Å². The van der Waals surface area contributed by atoms with Gasteiger partial charge in [0.15, 0.2) is 5.69 Å². The minimum atomic E-state index is -0.357. The largest absolute Gasteiger partial charge is 0.469 e. The molecule has 1 N–H and O–H groups in total. The van der Waals surface area contributed by atoms with Crippen LogP contribution in [0.3, 0.4) is 0 Å². The molecule has 0 saturated heterocycles. The molecule has 6 heteroatoms.